The van der Waals surface area contributed by atoms with E-state index in [4.69, 9.17) is 0 Å². The molecule has 1 aromatic carbocycles. The predicted molar refractivity (Wildman–Crippen MR) is 119 cm³/mol. The average molecular weight is 403 g/mol. The second-order valence-electron chi connectivity index (χ2n) is 8.06. The molecule has 1 heterocycles. The van der Waals surface area contributed by atoms with E-state index in [0.29, 0.717) is 19.3 Å². The highest BCUT2D eigenvalue weighted by Crippen LogP contribution is 2.15. The molecule has 2 amide bonds. The molecule has 0 radical (unpaired) electrons. The van der Waals surface area contributed by atoms with Crippen molar-refractivity contribution in [1.29, 1.82) is 0 Å². The number of amides is 2. The van der Waals surface area contributed by atoms with Crippen molar-refractivity contribution in [2.75, 3.05) is 51.6 Å². The van der Waals surface area contributed by atoms with Crippen molar-refractivity contribution < 1.29 is 9.59 Å². The molecule has 1 aliphatic rings. The normalized spacial score (nSPS) is 15.3. The summed E-state index contributed by atoms with van der Waals surface area (Å²) in [6.07, 6.45) is 3.35. The number of rotatable bonds is 11. The highest BCUT2D eigenvalue weighted by molar-refractivity contribution is 5.91. The molecule has 1 fully saturated rings. The summed E-state index contributed by atoms with van der Waals surface area (Å²) < 4.78 is 0. The van der Waals surface area contributed by atoms with Crippen LogP contribution in [0.5, 0.6) is 0 Å². The first-order valence-corrected chi connectivity index (χ1v) is 11.1. The summed E-state index contributed by atoms with van der Waals surface area (Å²) in [5.41, 5.74) is 2.06. The Kier molecular flexibility index (Phi) is 10.2. The van der Waals surface area contributed by atoms with Crippen molar-refractivity contribution in [1.82, 2.24) is 14.7 Å². The van der Waals surface area contributed by atoms with Crippen LogP contribution in [0.2, 0.25) is 0 Å². The van der Waals surface area contributed by atoms with Gasteiger partial charge >= 0.3 is 0 Å². The Hall–Kier alpha value is -1.92. The highest BCUT2D eigenvalue weighted by Gasteiger charge is 2.15. The third-order valence-corrected chi connectivity index (χ3v) is 5.35. The lowest BCUT2D eigenvalue weighted by atomic mass is 10.1. The van der Waals surface area contributed by atoms with Gasteiger partial charge in [0.25, 0.3) is 0 Å². The molecule has 0 aromatic heterocycles. The van der Waals surface area contributed by atoms with Crippen LogP contribution in [0.3, 0.4) is 0 Å². The van der Waals surface area contributed by atoms with E-state index < -0.39 is 0 Å². The molecule has 0 saturated carbocycles. The number of benzene rings is 1. The number of likely N-dealkylation sites (N-methyl/N-ethyl adjacent to an activating group) is 1. The summed E-state index contributed by atoms with van der Waals surface area (Å²) in [5, 5.41) is 2.99. The summed E-state index contributed by atoms with van der Waals surface area (Å²) >= 11 is 0. The van der Waals surface area contributed by atoms with Crippen LogP contribution in [0.4, 0.5) is 5.69 Å². The molecule has 0 spiro atoms. The number of hydrogen-bond donors (Lipinski definition) is 1. The van der Waals surface area contributed by atoms with Gasteiger partial charge in [0, 0.05) is 64.3 Å². The molecule has 162 valence electrons. The zero-order chi connectivity index (χ0) is 21.1. The second kappa shape index (κ2) is 12.6. The van der Waals surface area contributed by atoms with E-state index in [1.54, 1.807) is 0 Å². The van der Waals surface area contributed by atoms with Crippen LogP contribution in [0.25, 0.3) is 0 Å². The Bertz CT molecular complexity index is 636. The van der Waals surface area contributed by atoms with E-state index in [1.807, 2.05) is 17.0 Å². The van der Waals surface area contributed by atoms with E-state index in [1.165, 1.54) is 5.56 Å². The molecule has 6 nitrogen and oxygen atoms in total. The second-order valence-corrected chi connectivity index (χ2v) is 8.06. The van der Waals surface area contributed by atoms with Crippen molar-refractivity contribution in [2.45, 2.75) is 52.5 Å². The minimum atomic E-state index is -0.0212. The van der Waals surface area contributed by atoms with E-state index in [0.717, 1.165) is 64.3 Å². The van der Waals surface area contributed by atoms with Gasteiger partial charge in [-0.3, -0.25) is 14.5 Å². The third kappa shape index (κ3) is 8.54. The number of nitrogens with one attached hydrogen (secondary N) is 1. The molecule has 1 aromatic rings. The Balaban J connectivity index is 1.75. The van der Waals surface area contributed by atoms with Crippen molar-refractivity contribution in [2.24, 2.45) is 0 Å². The number of nitrogens with zero attached hydrogens (tertiary/aromatic N) is 3. The van der Waals surface area contributed by atoms with Gasteiger partial charge in [0.1, 0.15) is 0 Å². The molecule has 0 unspecified atom stereocenters. The lowest BCUT2D eigenvalue weighted by molar-refractivity contribution is -0.131. The quantitative estimate of drug-likeness (QED) is 0.618. The largest absolute Gasteiger partial charge is 0.343 e. The van der Waals surface area contributed by atoms with Gasteiger partial charge in [-0.25, -0.2) is 0 Å². The van der Waals surface area contributed by atoms with E-state index >= 15 is 0 Å². The molecule has 6 heteroatoms. The Morgan fingerprint density at radius 1 is 1.03 bits per heavy atom. The molecule has 0 atom stereocenters. The molecule has 1 saturated heterocycles. The fourth-order valence-electron chi connectivity index (χ4n) is 3.69. The summed E-state index contributed by atoms with van der Waals surface area (Å²) in [6, 6.07) is 8.10. The molecule has 2 rings (SSSR count). The van der Waals surface area contributed by atoms with Gasteiger partial charge in [-0.2, -0.15) is 0 Å². The molecule has 0 aliphatic carbocycles. The van der Waals surface area contributed by atoms with Gasteiger partial charge in [-0.05, 0) is 44.0 Å². The molecular formula is C23H38N4O2. The van der Waals surface area contributed by atoms with Gasteiger partial charge in [-0.15, -0.1) is 0 Å². The van der Waals surface area contributed by atoms with Crippen LogP contribution >= 0.6 is 0 Å². The van der Waals surface area contributed by atoms with Gasteiger partial charge in [-0.1, -0.05) is 26.0 Å². The Labute approximate surface area is 176 Å². The first-order chi connectivity index (χ1) is 14.0. The van der Waals surface area contributed by atoms with Crippen molar-refractivity contribution in [3.63, 3.8) is 0 Å². The fraction of sp³-hybridized carbons (Fsp3) is 0.652. The number of piperazine rings is 1. The van der Waals surface area contributed by atoms with Crippen LogP contribution in [-0.2, 0) is 16.1 Å². The standard InChI is InChI=1S/C23H38N4O2/c1-4-12-27(13-5-2)23(29)11-7-10-22(28)24-21-9-6-8-20(18-21)19-26-16-14-25(3)15-17-26/h6,8-9,18H,4-5,7,10-17,19H2,1-3H3,(H,24,28). The predicted octanol–water partition coefficient (Wildman–Crippen LogP) is 3.19. The summed E-state index contributed by atoms with van der Waals surface area (Å²) in [5.74, 6) is 0.141. The minimum Gasteiger partial charge on any atom is -0.343 e. The fourth-order valence-corrected chi connectivity index (χ4v) is 3.69. The smallest absolute Gasteiger partial charge is 0.224 e. The average Bonchev–Trinajstić information content (AvgIpc) is 2.70. The highest BCUT2D eigenvalue weighted by atomic mass is 16.2. The molecular weight excluding hydrogens is 364 g/mol. The van der Waals surface area contributed by atoms with Crippen molar-refractivity contribution in [3.05, 3.63) is 29.8 Å². The summed E-state index contributed by atoms with van der Waals surface area (Å²) in [6.45, 7) is 11.0. The third-order valence-electron chi connectivity index (χ3n) is 5.35. The molecule has 0 bridgehead atoms. The first-order valence-electron chi connectivity index (χ1n) is 11.1. The van der Waals surface area contributed by atoms with Gasteiger partial charge in [0.05, 0.1) is 0 Å². The zero-order valence-electron chi connectivity index (χ0n) is 18.5. The molecule has 1 aliphatic heterocycles. The van der Waals surface area contributed by atoms with Gasteiger partial charge < -0.3 is 15.1 Å². The minimum absolute atomic E-state index is 0.0212. The number of carbonyl (C=O) groups is 2. The Morgan fingerprint density at radius 3 is 2.38 bits per heavy atom. The lowest BCUT2D eigenvalue weighted by Crippen LogP contribution is -2.43. The van der Waals surface area contributed by atoms with E-state index in [9.17, 15) is 9.59 Å². The van der Waals surface area contributed by atoms with Crippen LogP contribution < -0.4 is 5.32 Å². The maximum Gasteiger partial charge on any atom is 0.224 e. The topological polar surface area (TPSA) is 55.9 Å². The number of carbonyl (C=O) groups excluding carboxylic acids is 2. The van der Waals surface area contributed by atoms with Gasteiger partial charge in [0.15, 0.2) is 0 Å². The lowest BCUT2D eigenvalue weighted by Gasteiger charge is -2.32. The summed E-state index contributed by atoms with van der Waals surface area (Å²) in [7, 11) is 2.16. The van der Waals surface area contributed by atoms with E-state index in [-0.39, 0.29) is 11.8 Å². The first kappa shape index (κ1) is 23.4. The van der Waals surface area contributed by atoms with Crippen molar-refractivity contribution in [3.8, 4) is 0 Å². The Morgan fingerprint density at radius 2 is 1.72 bits per heavy atom. The molecule has 29 heavy (non-hydrogen) atoms. The monoisotopic (exact) mass is 402 g/mol. The summed E-state index contributed by atoms with van der Waals surface area (Å²) in [4.78, 5) is 31.3. The number of hydrogen-bond acceptors (Lipinski definition) is 4. The van der Waals surface area contributed by atoms with Crippen LogP contribution in [0.15, 0.2) is 24.3 Å². The zero-order valence-corrected chi connectivity index (χ0v) is 18.5. The van der Waals surface area contributed by atoms with Crippen LogP contribution in [0, 0.1) is 0 Å². The van der Waals surface area contributed by atoms with Crippen LogP contribution in [-0.4, -0.2) is 72.8 Å². The van der Waals surface area contributed by atoms with Crippen LogP contribution in [0.1, 0.15) is 51.5 Å². The molecule has 1 N–H and O–H groups in total. The maximum atomic E-state index is 12.3. The van der Waals surface area contributed by atoms with Gasteiger partial charge in [0.2, 0.25) is 11.8 Å². The van der Waals surface area contributed by atoms with Crippen molar-refractivity contribution >= 4 is 17.5 Å². The number of anilines is 1. The van der Waals surface area contributed by atoms with E-state index in [2.05, 4.69) is 48.1 Å². The SMILES string of the molecule is CCCN(CCC)C(=O)CCCC(=O)Nc1cccc(CN2CCN(C)CC2)c1. The maximum absolute atomic E-state index is 12.3.